The van der Waals surface area contributed by atoms with Gasteiger partial charge in [0, 0.05) is 32.0 Å². The number of fused-ring (bicyclic) bond motifs is 1. The summed E-state index contributed by atoms with van der Waals surface area (Å²) in [6.07, 6.45) is 6.25. The third-order valence-corrected chi connectivity index (χ3v) is 3.35. The molecule has 4 heteroatoms. The molecule has 2 N–H and O–H groups in total. The quantitative estimate of drug-likeness (QED) is 0.868. The zero-order valence-electron chi connectivity index (χ0n) is 10.6. The Hall–Kier alpha value is -1.97. The molecule has 0 atom stereocenters. The zero-order valence-corrected chi connectivity index (χ0v) is 10.6. The summed E-state index contributed by atoms with van der Waals surface area (Å²) in [5.41, 5.74) is 5.15. The van der Waals surface area contributed by atoms with E-state index in [0.717, 1.165) is 18.8 Å². The first-order valence-corrected chi connectivity index (χ1v) is 6.40. The fraction of sp³-hybridized carbons (Fsp3) is 0.357. The molecule has 0 amide bonds. The summed E-state index contributed by atoms with van der Waals surface area (Å²) < 4.78 is 1.81. The van der Waals surface area contributed by atoms with Gasteiger partial charge in [0.05, 0.1) is 11.9 Å². The van der Waals surface area contributed by atoms with E-state index in [0.29, 0.717) is 0 Å². The maximum absolute atomic E-state index is 4.15. The molecule has 1 aromatic heterocycles. The van der Waals surface area contributed by atoms with E-state index in [-0.39, 0.29) is 0 Å². The molecule has 0 spiro atoms. The van der Waals surface area contributed by atoms with Gasteiger partial charge in [-0.2, -0.15) is 5.10 Å². The summed E-state index contributed by atoms with van der Waals surface area (Å²) in [6, 6.07) is 6.54. The minimum Gasteiger partial charge on any atom is -0.385 e. The van der Waals surface area contributed by atoms with Gasteiger partial charge in [-0.05, 0) is 24.0 Å². The average molecular weight is 242 g/mol. The Morgan fingerprint density at radius 1 is 1.44 bits per heavy atom. The lowest BCUT2D eigenvalue weighted by Gasteiger charge is -2.21. The SMILES string of the molecule is Cn1cc(NCc2cccc3c2NCCC3)cn1. The van der Waals surface area contributed by atoms with Gasteiger partial charge < -0.3 is 10.6 Å². The van der Waals surface area contributed by atoms with E-state index < -0.39 is 0 Å². The molecule has 2 heterocycles. The van der Waals surface area contributed by atoms with Crippen LogP contribution >= 0.6 is 0 Å². The summed E-state index contributed by atoms with van der Waals surface area (Å²) in [7, 11) is 1.93. The van der Waals surface area contributed by atoms with Crippen LogP contribution in [0.25, 0.3) is 0 Å². The number of nitrogens with one attached hydrogen (secondary N) is 2. The van der Waals surface area contributed by atoms with Crippen molar-refractivity contribution in [2.75, 3.05) is 17.2 Å². The van der Waals surface area contributed by atoms with Crippen molar-refractivity contribution in [1.82, 2.24) is 9.78 Å². The molecule has 2 aromatic rings. The Labute approximate surface area is 107 Å². The first-order valence-electron chi connectivity index (χ1n) is 6.40. The van der Waals surface area contributed by atoms with E-state index in [1.807, 2.05) is 19.4 Å². The van der Waals surface area contributed by atoms with Gasteiger partial charge in [-0.3, -0.25) is 4.68 Å². The molecule has 0 bridgehead atoms. The number of aryl methyl sites for hydroxylation is 2. The molecule has 1 aliphatic heterocycles. The molecule has 18 heavy (non-hydrogen) atoms. The third kappa shape index (κ3) is 2.18. The molecule has 94 valence electrons. The third-order valence-electron chi connectivity index (χ3n) is 3.35. The van der Waals surface area contributed by atoms with Crippen LogP contribution in [-0.4, -0.2) is 16.3 Å². The van der Waals surface area contributed by atoms with Gasteiger partial charge in [-0.15, -0.1) is 0 Å². The van der Waals surface area contributed by atoms with Gasteiger partial charge >= 0.3 is 0 Å². The number of benzene rings is 1. The largest absolute Gasteiger partial charge is 0.385 e. The summed E-state index contributed by atoms with van der Waals surface area (Å²) in [5, 5.41) is 11.1. The van der Waals surface area contributed by atoms with Gasteiger partial charge in [0.25, 0.3) is 0 Å². The lowest BCUT2D eigenvalue weighted by atomic mass is 9.99. The molecule has 0 saturated carbocycles. The predicted octanol–water partition coefficient (Wildman–Crippen LogP) is 2.39. The zero-order chi connectivity index (χ0) is 12.4. The van der Waals surface area contributed by atoms with Crippen LogP contribution in [0, 0.1) is 0 Å². The fourth-order valence-corrected chi connectivity index (χ4v) is 2.44. The van der Waals surface area contributed by atoms with E-state index >= 15 is 0 Å². The minimum absolute atomic E-state index is 0.835. The molecule has 0 fully saturated rings. The number of hydrogen-bond acceptors (Lipinski definition) is 3. The number of hydrogen-bond donors (Lipinski definition) is 2. The number of nitrogens with zero attached hydrogens (tertiary/aromatic N) is 2. The van der Waals surface area contributed by atoms with Crippen molar-refractivity contribution in [1.29, 1.82) is 0 Å². The second-order valence-electron chi connectivity index (χ2n) is 4.74. The maximum Gasteiger partial charge on any atom is 0.0729 e. The number of anilines is 2. The maximum atomic E-state index is 4.15. The normalized spacial score (nSPS) is 13.8. The van der Waals surface area contributed by atoms with E-state index in [4.69, 9.17) is 0 Å². The summed E-state index contributed by atoms with van der Waals surface area (Å²) in [5.74, 6) is 0. The van der Waals surface area contributed by atoms with Crippen LogP contribution in [0.4, 0.5) is 11.4 Å². The van der Waals surface area contributed by atoms with Crippen molar-refractivity contribution in [3.05, 3.63) is 41.7 Å². The predicted molar refractivity (Wildman–Crippen MR) is 73.8 cm³/mol. The average Bonchev–Trinajstić information content (AvgIpc) is 2.82. The van der Waals surface area contributed by atoms with Crippen molar-refractivity contribution < 1.29 is 0 Å². The number of para-hydroxylation sites is 1. The highest BCUT2D eigenvalue weighted by Crippen LogP contribution is 2.26. The monoisotopic (exact) mass is 242 g/mol. The Kier molecular flexibility index (Phi) is 2.92. The van der Waals surface area contributed by atoms with E-state index in [1.165, 1.54) is 29.7 Å². The van der Waals surface area contributed by atoms with Gasteiger partial charge in [-0.1, -0.05) is 18.2 Å². The Morgan fingerprint density at radius 3 is 3.22 bits per heavy atom. The lowest BCUT2D eigenvalue weighted by Crippen LogP contribution is -2.14. The fourth-order valence-electron chi connectivity index (χ4n) is 2.44. The molecule has 1 aliphatic rings. The van der Waals surface area contributed by atoms with E-state index in [9.17, 15) is 0 Å². The standard InChI is InChI=1S/C14H18N4/c1-18-10-13(9-17-18)16-8-12-5-2-4-11-6-3-7-15-14(11)12/h2,4-5,9-10,15-16H,3,6-8H2,1H3. The van der Waals surface area contributed by atoms with Crippen LogP contribution in [0.1, 0.15) is 17.5 Å². The Balaban J connectivity index is 1.76. The first-order chi connectivity index (χ1) is 8.83. The van der Waals surface area contributed by atoms with Crippen LogP contribution < -0.4 is 10.6 Å². The molecule has 1 aromatic carbocycles. The van der Waals surface area contributed by atoms with Crippen molar-refractivity contribution >= 4 is 11.4 Å². The van der Waals surface area contributed by atoms with Gasteiger partial charge in [-0.25, -0.2) is 0 Å². The second kappa shape index (κ2) is 4.72. The summed E-state index contributed by atoms with van der Waals surface area (Å²) >= 11 is 0. The van der Waals surface area contributed by atoms with Crippen molar-refractivity contribution in [3.63, 3.8) is 0 Å². The van der Waals surface area contributed by atoms with Crippen LogP contribution in [0.3, 0.4) is 0 Å². The molecule has 0 saturated heterocycles. The molecule has 0 aliphatic carbocycles. The Bertz CT molecular complexity index is 544. The smallest absolute Gasteiger partial charge is 0.0729 e. The molecular formula is C14H18N4. The molecule has 4 nitrogen and oxygen atoms in total. The lowest BCUT2D eigenvalue weighted by molar-refractivity contribution is 0.768. The van der Waals surface area contributed by atoms with Gasteiger partial charge in [0.1, 0.15) is 0 Å². The van der Waals surface area contributed by atoms with Crippen molar-refractivity contribution in [2.45, 2.75) is 19.4 Å². The van der Waals surface area contributed by atoms with Gasteiger partial charge in [0.15, 0.2) is 0 Å². The Morgan fingerprint density at radius 2 is 2.39 bits per heavy atom. The topological polar surface area (TPSA) is 41.9 Å². The number of aromatic nitrogens is 2. The van der Waals surface area contributed by atoms with Crippen molar-refractivity contribution in [2.24, 2.45) is 7.05 Å². The highest BCUT2D eigenvalue weighted by atomic mass is 15.3. The molecule has 0 radical (unpaired) electrons. The van der Waals surface area contributed by atoms with Gasteiger partial charge in [0.2, 0.25) is 0 Å². The van der Waals surface area contributed by atoms with Crippen molar-refractivity contribution in [3.8, 4) is 0 Å². The first kappa shape index (κ1) is 11.1. The highest BCUT2D eigenvalue weighted by Gasteiger charge is 2.11. The highest BCUT2D eigenvalue weighted by molar-refractivity contribution is 5.60. The minimum atomic E-state index is 0.835. The molecule has 0 unspecified atom stereocenters. The number of rotatable bonds is 3. The molecular weight excluding hydrogens is 224 g/mol. The van der Waals surface area contributed by atoms with E-state index in [2.05, 4.69) is 33.9 Å². The van der Waals surface area contributed by atoms with E-state index in [1.54, 1.807) is 4.68 Å². The second-order valence-corrected chi connectivity index (χ2v) is 4.74. The summed E-state index contributed by atoms with van der Waals surface area (Å²) in [6.45, 7) is 1.92. The summed E-state index contributed by atoms with van der Waals surface area (Å²) in [4.78, 5) is 0. The van der Waals surface area contributed by atoms with Crippen LogP contribution in [0.5, 0.6) is 0 Å². The van der Waals surface area contributed by atoms with Crippen LogP contribution in [-0.2, 0) is 20.0 Å². The van der Waals surface area contributed by atoms with Crippen LogP contribution in [0.15, 0.2) is 30.6 Å². The molecule has 3 rings (SSSR count). The van der Waals surface area contributed by atoms with Crippen LogP contribution in [0.2, 0.25) is 0 Å².